The van der Waals surface area contributed by atoms with Crippen LogP contribution in [0.25, 0.3) is 0 Å². The third-order valence-corrected chi connectivity index (χ3v) is 4.79. The quantitative estimate of drug-likeness (QED) is 0.915. The van der Waals surface area contributed by atoms with Crippen molar-refractivity contribution in [3.8, 4) is 0 Å². The van der Waals surface area contributed by atoms with Crippen molar-refractivity contribution >= 4 is 0 Å². The molecule has 0 bridgehead atoms. The number of nitrogens with zero attached hydrogens (tertiary/aromatic N) is 3. The largest absolute Gasteiger partial charge is 0.314 e. The molecule has 0 aliphatic carbocycles. The van der Waals surface area contributed by atoms with Gasteiger partial charge < -0.3 is 10.2 Å². The van der Waals surface area contributed by atoms with Crippen molar-refractivity contribution < 1.29 is 0 Å². The van der Waals surface area contributed by atoms with Gasteiger partial charge in [-0.05, 0) is 37.4 Å². The Bertz CT molecular complexity index is 416. The minimum Gasteiger partial charge on any atom is -0.314 e. The van der Waals surface area contributed by atoms with Crippen LogP contribution in [0.5, 0.6) is 0 Å². The molecule has 116 valence electrons. The monoisotopic (exact) mass is 288 g/mol. The Morgan fingerprint density at radius 3 is 2.86 bits per heavy atom. The molecular weight excluding hydrogens is 260 g/mol. The van der Waals surface area contributed by atoms with Crippen LogP contribution in [0.1, 0.15) is 31.5 Å². The molecule has 0 amide bonds. The standard InChI is InChI=1S/C17H28N4/c1-15-5-4-10-20(13-15)14-17(16-6-2-3-7-19-16)21-11-8-18-9-12-21/h2-3,6-7,15,17-18H,4-5,8-14H2,1H3. The van der Waals surface area contributed by atoms with Gasteiger partial charge in [0.2, 0.25) is 0 Å². The van der Waals surface area contributed by atoms with E-state index < -0.39 is 0 Å². The molecule has 0 saturated carbocycles. The Morgan fingerprint density at radius 1 is 1.29 bits per heavy atom. The maximum absolute atomic E-state index is 4.65. The number of hydrogen-bond donors (Lipinski definition) is 1. The maximum Gasteiger partial charge on any atom is 0.0650 e. The molecule has 4 nitrogen and oxygen atoms in total. The lowest BCUT2D eigenvalue weighted by Gasteiger charge is -2.39. The van der Waals surface area contributed by atoms with Gasteiger partial charge in [0.05, 0.1) is 11.7 Å². The summed E-state index contributed by atoms with van der Waals surface area (Å²) in [5, 5.41) is 3.46. The average molecular weight is 288 g/mol. The maximum atomic E-state index is 4.65. The molecule has 3 rings (SSSR count). The topological polar surface area (TPSA) is 31.4 Å². The second-order valence-corrected chi connectivity index (χ2v) is 6.56. The zero-order valence-corrected chi connectivity index (χ0v) is 13.2. The summed E-state index contributed by atoms with van der Waals surface area (Å²) in [4.78, 5) is 9.91. The van der Waals surface area contributed by atoms with E-state index in [1.807, 2.05) is 12.3 Å². The van der Waals surface area contributed by atoms with E-state index in [9.17, 15) is 0 Å². The van der Waals surface area contributed by atoms with Gasteiger partial charge in [0.25, 0.3) is 0 Å². The van der Waals surface area contributed by atoms with Crippen molar-refractivity contribution in [3.05, 3.63) is 30.1 Å². The van der Waals surface area contributed by atoms with E-state index in [0.29, 0.717) is 6.04 Å². The highest BCUT2D eigenvalue weighted by Gasteiger charge is 2.27. The van der Waals surface area contributed by atoms with Crippen LogP contribution < -0.4 is 5.32 Å². The van der Waals surface area contributed by atoms with E-state index in [1.165, 1.54) is 31.6 Å². The van der Waals surface area contributed by atoms with E-state index in [-0.39, 0.29) is 0 Å². The van der Waals surface area contributed by atoms with E-state index >= 15 is 0 Å². The summed E-state index contributed by atoms with van der Waals surface area (Å²) >= 11 is 0. The molecule has 4 heteroatoms. The van der Waals surface area contributed by atoms with Gasteiger partial charge in [0.1, 0.15) is 0 Å². The summed E-state index contributed by atoms with van der Waals surface area (Å²) in [5.41, 5.74) is 1.23. The van der Waals surface area contributed by atoms with Crippen LogP contribution in [-0.2, 0) is 0 Å². The minimum absolute atomic E-state index is 0.443. The lowest BCUT2D eigenvalue weighted by molar-refractivity contribution is 0.0981. The molecule has 2 unspecified atom stereocenters. The highest BCUT2D eigenvalue weighted by atomic mass is 15.3. The molecule has 1 aromatic heterocycles. The van der Waals surface area contributed by atoms with Gasteiger partial charge in [-0.1, -0.05) is 13.0 Å². The van der Waals surface area contributed by atoms with Crippen molar-refractivity contribution in [1.82, 2.24) is 20.1 Å². The molecule has 2 aliphatic rings. The number of pyridine rings is 1. The molecular formula is C17H28N4. The number of hydrogen-bond acceptors (Lipinski definition) is 4. The number of piperazine rings is 1. The normalized spacial score (nSPS) is 26.6. The molecule has 2 saturated heterocycles. The Balaban J connectivity index is 1.72. The van der Waals surface area contributed by atoms with Crippen LogP contribution in [0, 0.1) is 5.92 Å². The highest BCUT2D eigenvalue weighted by Crippen LogP contribution is 2.24. The minimum atomic E-state index is 0.443. The van der Waals surface area contributed by atoms with Crippen LogP contribution in [0.3, 0.4) is 0 Å². The molecule has 1 aromatic rings. The molecule has 2 atom stereocenters. The Labute approximate surface area is 128 Å². The van der Waals surface area contributed by atoms with E-state index in [2.05, 4.69) is 39.2 Å². The van der Waals surface area contributed by atoms with E-state index in [0.717, 1.165) is 38.6 Å². The van der Waals surface area contributed by atoms with Gasteiger partial charge in [0.15, 0.2) is 0 Å². The van der Waals surface area contributed by atoms with E-state index in [1.54, 1.807) is 0 Å². The summed E-state index contributed by atoms with van der Waals surface area (Å²) in [6.45, 7) is 10.5. The molecule has 1 N–H and O–H groups in total. The summed E-state index contributed by atoms with van der Waals surface area (Å²) in [5.74, 6) is 0.839. The predicted molar refractivity (Wildman–Crippen MR) is 86.3 cm³/mol. The van der Waals surface area contributed by atoms with Gasteiger partial charge in [-0.2, -0.15) is 0 Å². The molecule has 2 aliphatic heterocycles. The van der Waals surface area contributed by atoms with Crippen molar-refractivity contribution in [2.24, 2.45) is 5.92 Å². The van der Waals surface area contributed by atoms with Gasteiger partial charge in [-0.25, -0.2) is 0 Å². The van der Waals surface area contributed by atoms with Crippen molar-refractivity contribution in [3.63, 3.8) is 0 Å². The molecule has 0 radical (unpaired) electrons. The fourth-order valence-corrected chi connectivity index (χ4v) is 3.66. The lowest BCUT2D eigenvalue weighted by atomic mass is 9.99. The summed E-state index contributed by atoms with van der Waals surface area (Å²) in [6, 6.07) is 6.77. The third kappa shape index (κ3) is 4.02. The van der Waals surface area contributed by atoms with Crippen LogP contribution in [0.15, 0.2) is 24.4 Å². The summed E-state index contributed by atoms with van der Waals surface area (Å²) in [6.07, 6.45) is 4.67. The molecule has 0 spiro atoms. The Morgan fingerprint density at radius 2 is 2.14 bits per heavy atom. The molecule has 2 fully saturated rings. The number of aromatic nitrogens is 1. The van der Waals surface area contributed by atoms with Gasteiger partial charge in [-0.3, -0.25) is 9.88 Å². The SMILES string of the molecule is CC1CCCN(CC(c2ccccn2)N2CCNCC2)C1. The Kier molecular flexibility index (Phi) is 5.22. The lowest BCUT2D eigenvalue weighted by Crippen LogP contribution is -2.49. The molecule has 3 heterocycles. The zero-order valence-electron chi connectivity index (χ0n) is 13.2. The third-order valence-electron chi connectivity index (χ3n) is 4.79. The Hall–Kier alpha value is -0.970. The first-order chi connectivity index (χ1) is 10.3. The fourth-order valence-electron chi connectivity index (χ4n) is 3.66. The average Bonchev–Trinajstić information content (AvgIpc) is 2.54. The van der Waals surface area contributed by atoms with Crippen molar-refractivity contribution in [2.75, 3.05) is 45.8 Å². The van der Waals surface area contributed by atoms with Crippen LogP contribution in [0.2, 0.25) is 0 Å². The first-order valence-corrected chi connectivity index (χ1v) is 8.41. The summed E-state index contributed by atoms with van der Waals surface area (Å²) < 4.78 is 0. The number of piperidine rings is 1. The van der Waals surface area contributed by atoms with Gasteiger partial charge in [-0.15, -0.1) is 0 Å². The predicted octanol–water partition coefficient (Wildman–Crippen LogP) is 1.76. The first kappa shape index (κ1) is 14.9. The van der Waals surface area contributed by atoms with Crippen molar-refractivity contribution in [2.45, 2.75) is 25.8 Å². The smallest absolute Gasteiger partial charge is 0.0650 e. The fraction of sp³-hybridized carbons (Fsp3) is 0.706. The molecule has 0 aromatic carbocycles. The highest BCUT2D eigenvalue weighted by molar-refractivity contribution is 5.10. The number of likely N-dealkylation sites (tertiary alicyclic amines) is 1. The van der Waals surface area contributed by atoms with Gasteiger partial charge >= 0.3 is 0 Å². The van der Waals surface area contributed by atoms with Crippen molar-refractivity contribution in [1.29, 1.82) is 0 Å². The van der Waals surface area contributed by atoms with Crippen LogP contribution >= 0.6 is 0 Å². The summed E-state index contributed by atoms with van der Waals surface area (Å²) in [7, 11) is 0. The second kappa shape index (κ2) is 7.34. The number of nitrogens with one attached hydrogen (secondary N) is 1. The van der Waals surface area contributed by atoms with Crippen LogP contribution in [-0.4, -0.2) is 60.6 Å². The molecule has 21 heavy (non-hydrogen) atoms. The zero-order chi connectivity index (χ0) is 14.5. The first-order valence-electron chi connectivity index (χ1n) is 8.41. The van der Waals surface area contributed by atoms with Gasteiger partial charge in [0, 0.05) is 45.5 Å². The number of rotatable bonds is 4. The van der Waals surface area contributed by atoms with E-state index in [4.69, 9.17) is 0 Å². The second-order valence-electron chi connectivity index (χ2n) is 6.56. The van der Waals surface area contributed by atoms with Crippen LogP contribution in [0.4, 0.5) is 0 Å².